The van der Waals surface area contributed by atoms with E-state index in [9.17, 15) is 0 Å². The summed E-state index contributed by atoms with van der Waals surface area (Å²) in [5.41, 5.74) is 0. The van der Waals surface area contributed by atoms with Crippen LogP contribution >= 0.6 is 0 Å². The van der Waals surface area contributed by atoms with Crippen molar-refractivity contribution in [2.24, 2.45) is 5.92 Å². The summed E-state index contributed by atoms with van der Waals surface area (Å²) in [5, 5.41) is 3.46. The lowest BCUT2D eigenvalue weighted by atomic mass is 9.90. The Morgan fingerprint density at radius 1 is 1.36 bits per heavy atom. The molecule has 2 nitrogen and oxygen atoms in total. The zero-order valence-electron chi connectivity index (χ0n) is 7.34. The number of nitrogens with one attached hydrogen (secondary N) is 1. The van der Waals surface area contributed by atoms with Gasteiger partial charge < -0.3 is 5.32 Å². The Balaban J connectivity index is 1.99. The monoisotopic (exact) mass is 154 g/mol. The molecule has 0 aromatic rings. The first-order valence-corrected chi connectivity index (χ1v) is 4.82. The fourth-order valence-electron chi connectivity index (χ4n) is 2.43. The maximum absolute atomic E-state index is 3.46. The zero-order chi connectivity index (χ0) is 7.68. The Morgan fingerprint density at radius 3 is 3.09 bits per heavy atom. The van der Waals surface area contributed by atoms with Crippen molar-refractivity contribution in [1.82, 2.24) is 10.2 Å². The molecule has 0 aliphatic carbocycles. The summed E-state index contributed by atoms with van der Waals surface area (Å²) in [6, 6.07) is 0.894. The van der Waals surface area contributed by atoms with Crippen molar-refractivity contribution in [3.8, 4) is 0 Å². The van der Waals surface area contributed by atoms with E-state index in [1.807, 2.05) is 0 Å². The van der Waals surface area contributed by atoms with Gasteiger partial charge in [0.25, 0.3) is 0 Å². The van der Waals surface area contributed by atoms with E-state index < -0.39 is 0 Å². The van der Waals surface area contributed by atoms with Crippen molar-refractivity contribution in [1.29, 1.82) is 0 Å². The smallest absolute Gasteiger partial charge is 0.0483 e. The van der Waals surface area contributed by atoms with Crippen LogP contribution in [0.4, 0.5) is 0 Å². The van der Waals surface area contributed by atoms with E-state index in [0.29, 0.717) is 0 Å². The molecule has 2 unspecified atom stereocenters. The third-order valence-electron chi connectivity index (χ3n) is 3.10. The van der Waals surface area contributed by atoms with Crippen molar-refractivity contribution < 1.29 is 0 Å². The van der Waals surface area contributed by atoms with Crippen LogP contribution in [0, 0.1) is 5.92 Å². The second-order valence-electron chi connectivity index (χ2n) is 3.97. The fraction of sp³-hybridized carbons (Fsp3) is 1.00. The van der Waals surface area contributed by atoms with E-state index in [0.717, 1.165) is 18.6 Å². The summed E-state index contributed by atoms with van der Waals surface area (Å²) in [4.78, 5) is 2.61. The van der Waals surface area contributed by atoms with Gasteiger partial charge >= 0.3 is 0 Å². The highest BCUT2D eigenvalue weighted by molar-refractivity contribution is 4.84. The topological polar surface area (TPSA) is 15.3 Å². The van der Waals surface area contributed by atoms with Gasteiger partial charge in [-0.3, -0.25) is 4.90 Å². The summed E-state index contributed by atoms with van der Waals surface area (Å²) < 4.78 is 0. The molecule has 11 heavy (non-hydrogen) atoms. The standard InChI is InChI=1S/C9H18N2/c1-8-6-10-7-11-5-3-2-4-9(8)11/h8-10H,2-7H2,1H3. The molecule has 2 fully saturated rings. The molecule has 0 spiro atoms. The van der Waals surface area contributed by atoms with E-state index in [4.69, 9.17) is 0 Å². The highest BCUT2D eigenvalue weighted by atomic mass is 15.3. The molecule has 0 aromatic carbocycles. The lowest BCUT2D eigenvalue weighted by Gasteiger charge is -2.43. The molecule has 2 aliphatic heterocycles. The van der Waals surface area contributed by atoms with Crippen molar-refractivity contribution in [2.75, 3.05) is 19.8 Å². The van der Waals surface area contributed by atoms with Gasteiger partial charge in [-0.2, -0.15) is 0 Å². The van der Waals surface area contributed by atoms with Gasteiger partial charge in [0.2, 0.25) is 0 Å². The molecule has 0 saturated carbocycles. The quantitative estimate of drug-likeness (QED) is 0.561. The predicted octanol–water partition coefficient (Wildman–Crippen LogP) is 1.04. The van der Waals surface area contributed by atoms with Gasteiger partial charge in [-0.05, 0) is 25.3 Å². The minimum Gasteiger partial charge on any atom is -0.304 e. The summed E-state index contributed by atoms with van der Waals surface area (Å²) in [6.45, 7) is 6.05. The third kappa shape index (κ3) is 1.42. The highest BCUT2D eigenvalue weighted by Gasteiger charge is 2.29. The van der Waals surface area contributed by atoms with Crippen molar-refractivity contribution in [3.05, 3.63) is 0 Å². The molecule has 0 amide bonds. The molecule has 0 radical (unpaired) electrons. The lowest BCUT2D eigenvalue weighted by molar-refractivity contribution is 0.0625. The van der Waals surface area contributed by atoms with Crippen LogP contribution < -0.4 is 5.32 Å². The minimum absolute atomic E-state index is 0.865. The molecular formula is C9H18N2. The molecule has 2 rings (SSSR count). The SMILES string of the molecule is CC1CNCN2CCCCC12. The van der Waals surface area contributed by atoms with Crippen LogP contribution in [0.3, 0.4) is 0 Å². The number of fused-ring (bicyclic) bond motifs is 1. The maximum atomic E-state index is 3.46. The predicted molar refractivity (Wildman–Crippen MR) is 46.4 cm³/mol. The zero-order valence-corrected chi connectivity index (χ0v) is 7.34. The van der Waals surface area contributed by atoms with Gasteiger partial charge in [0.05, 0.1) is 0 Å². The average Bonchev–Trinajstić information content (AvgIpc) is 2.06. The Bertz CT molecular complexity index is 134. The van der Waals surface area contributed by atoms with Crippen LogP contribution in [0.1, 0.15) is 26.2 Å². The molecular weight excluding hydrogens is 136 g/mol. The van der Waals surface area contributed by atoms with Gasteiger partial charge in [0.1, 0.15) is 0 Å². The van der Waals surface area contributed by atoms with E-state index in [-0.39, 0.29) is 0 Å². The number of hydrogen-bond acceptors (Lipinski definition) is 2. The number of nitrogens with zero attached hydrogens (tertiary/aromatic N) is 1. The van der Waals surface area contributed by atoms with Crippen molar-refractivity contribution >= 4 is 0 Å². The molecule has 64 valence electrons. The van der Waals surface area contributed by atoms with Crippen LogP contribution in [0.2, 0.25) is 0 Å². The average molecular weight is 154 g/mol. The first-order valence-electron chi connectivity index (χ1n) is 4.82. The number of rotatable bonds is 0. The third-order valence-corrected chi connectivity index (χ3v) is 3.10. The van der Waals surface area contributed by atoms with E-state index in [1.165, 1.54) is 32.4 Å². The Hall–Kier alpha value is -0.0800. The Labute approximate surface area is 69.0 Å². The van der Waals surface area contributed by atoms with Crippen LogP contribution in [-0.4, -0.2) is 30.7 Å². The van der Waals surface area contributed by atoms with Crippen LogP contribution in [0.15, 0.2) is 0 Å². The van der Waals surface area contributed by atoms with E-state index in [1.54, 1.807) is 0 Å². The van der Waals surface area contributed by atoms with E-state index >= 15 is 0 Å². The highest BCUT2D eigenvalue weighted by Crippen LogP contribution is 2.24. The largest absolute Gasteiger partial charge is 0.304 e. The molecule has 0 aromatic heterocycles. The molecule has 1 N–H and O–H groups in total. The van der Waals surface area contributed by atoms with Crippen LogP contribution in [-0.2, 0) is 0 Å². The number of hydrogen-bond donors (Lipinski definition) is 1. The fourth-order valence-corrected chi connectivity index (χ4v) is 2.43. The van der Waals surface area contributed by atoms with Gasteiger partial charge in [-0.1, -0.05) is 13.3 Å². The second-order valence-corrected chi connectivity index (χ2v) is 3.97. The normalized spacial score (nSPS) is 40.1. The summed E-state index contributed by atoms with van der Waals surface area (Å²) in [6.07, 6.45) is 4.29. The minimum atomic E-state index is 0.865. The summed E-state index contributed by atoms with van der Waals surface area (Å²) in [5.74, 6) is 0.865. The molecule has 0 bridgehead atoms. The van der Waals surface area contributed by atoms with Gasteiger partial charge in [-0.15, -0.1) is 0 Å². The molecule has 2 heteroatoms. The molecule has 2 atom stereocenters. The van der Waals surface area contributed by atoms with Gasteiger partial charge in [0.15, 0.2) is 0 Å². The molecule has 2 saturated heterocycles. The Morgan fingerprint density at radius 2 is 2.27 bits per heavy atom. The first-order chi connectivity index (χ1) is 5.38. The van der Waals surface area contributed by atoms with Crippen LogP contribution in [0.25, 0.3) is 0 Å². The maximum Gasteiger partial charge on any atom is 0.0483 e. The summed E-state index contributed by atoms with van der Waals surface area (Å²) in [7, 11) is 0. The summed E-state index contributed by atoms with van der Waals surface area (Å²) >= 11 is 0. The van der Waals surface area contributed by atoms with Gasteiger partial charge in [-0.25, -0.2) is 0 Å². The lowest BCUT2D eigenvalue weighted by Crippen LogP contribution is -2.54. The Kier molecular flexibility index (Phi) is 2.14. The number of piperidine rings is 1. The van der Waals surface area contributed by atoms with Gasteiger partial charge in [0, 0.05) is 19.3 Å². The van der Waals surface area contributed by atoms with Crippen molar-refractivity contribution in [3.63, 3.8) is 0 Å². The molecule has 2 aliphatic rings. The second kappa shape index (κ2) is 3.11. The van der Waals surface area contributed by atoms with E-state index in [2.05, 4.69) is 17.1 Å². The van der Waals surface area contributed by atoms with Crippen molar-refractivity contribution in [2.45, 2.75) is 32.2 Å². The first kappa shape index (κ1) is 7.56. The van der Waals surface area contributed by atoms with Crippen LogP contribution in [0.5, 0.6) is 0 Å². The molecule has 2 heterocycles.